The summed E-state index contributed by atoms with van der Waals surface area (Å²) in [6.45, 7) is 2.45. The number of thiazole rings is 1. The largest absolute Gasteiger partial charge is 0.336 e. The number of carbonyl (C=O) groups excluding carboxylic acids is 1. The number of aromatic nitrogens is 1. The van der Waals surface area contributed by atoms with Gasteiger partial charge in [0.25, 0.3) is 5.91 Å². The van der Waals surface area contributed by atoms with Crippen molar-refractivity contribution in [1.29, 1.82) is 0 Å². The summed E-state index contributed by atoms with van der Waals surface area (Å²) in [5.74, 6) is 0.654. The minimum absolute atomic E-state index is 0.0490. The highest BCUT2D eigenvalue weighted by Gasteiger charge is 2.35. The highest BCUT2D eigenvalue weighted by atomic mass is 32.1. The fourth-order valence-electron chi connectivity index (χ4n) is 1.93. The van der Waals surface area contributed by atoms with Crippen LogP contribution in [0.2, 0.25) is 0 Å². The lowest BCUT2D eigenvalue weighted by molar-refractivity contribution is 0.0723. The summed E-state index contributed by atoms with van der Waals surface area (Å²) >= 11 is 1.44. The Balaban J connectivity index is 2.08. The molecule has 0 spiro atoms. The van der Waals surface area contributed by atoms with Crippen LogP contribution in [-0.4, -0.2) is 35.4 Å². The third-order valence-corrected chi connectivity index (χ3v) is 3.96. The maximum atomic E-state index is 12.1. The van der Waals surface area contributed by atoms with Crippen LogP contribution in [0.4, 0.5) is 0 Å². The van der Waals surface area contributed by atoms with Gasteiger partial charge < -0.3 is 10.6 Å². The lowest BCUT2D eigenvalue weighted by Crippen LogP contribution is -2.43. The molecule has 1 atom stereocenters. The van der Waals surface area contributed by atoms with Crippen molar-refractivity contribution in [3.63, 3.8) is 0 Å². The molecule has 1 aromatic rings. The molecule has 88 valence electrons. The van der Waals surface area contributed by atoms with Crippen LogP contribution in [0.15, 0.2) is 6.20 Å². The lowest BCUT2D eigenvalue weighted by Gasteiger charge is -2.26. The van der Waals surface area contributed by atoms with Gasteiger partial charge in [0.05, 0.1) is 11.2 Å². The normalized spacial score (nSPS) is 17.2. The molecular weight excluding hydrogens is 222 g/mol. The monoisotopic (exact) mass is 239 g/mol. The number of nitrogens with zero attached hydrogens (tertiary/aromatic N) is 2. The molecule has 1 fully saturated rings. The Kier molecular flexibility index (Phi) is 3.25. The van der Waals surface area contributed by atoms with Gasteiger partial charge in [-0.05, 0) is 25.7 Å². The van der Waals surface area contributed by atoms with Gasteiger partial charge in [-0.1, -0.05) is 0 Å². The molecule has 0 bridgehead atoms. The summed E-state index contributed by atoms with van der Waals surface area (Å²) in [5, 5.41) is 0.924. The van der Waals surface area contributed by atoms with E-state index in [1.807, 2.05) is 14.0 Å². The van der Waals surface area contributed by atoms with Crippen molar-refractivity contribution in [1.82, 2.24) is 9.88 Å². The van der Waals surface area contributed by atoms with Gasteiger partial charge in [-0.3, -0.25) is 4.79 Å². The predicted octanol–water partition coefficient (Wildman–Crippen LogP) is 1.26. The van der Waals surface area contributed by atoms with E-state index in [0.29, 0.717) is 17.3 Å². The van der Waals surface area contributed by atoms with Gasteiger partial charge in [-0.2, -0.15) is 0 Å². The summed E-state index contributed by atoms with van der Waals surface area (Å²) in [5.41, 5.74) is 5.73. The third-order valence-electron chi connectivity index (χ3n) is 3.06. The summed E-state index contributed by atoms with van der Waals surface area (Å²) in [6.07, 6.45) is 4.04. The molecule has 1 heterocycles. The topological polar surface area (TPSA) is 59.2 Å². The average Bonchev–Trinajstić information content (AvgIpc) is 3.00. The van der Waals surface area contributed by atoms with Crippen molar-refractivity contribution >= 4 is 17.2 Å². The summed E-state index contributed by atoms with van der Waals surface area (Å²) in [7, 11) is 1.84. The van der Waals surface area contributed by atoms with Crippen molar-refractivity contribution in [2.45, 2.75) is 25.8 Å². The first-order valence-corrected chi connectivity index (χ1v) is 6.34. The molecule has 1 amide bonds. The first-order valence-electron chi connectivity index (χ1n) is 5.53. The first-order chi connectivity index (χ1) is 7.63. The molecule has 2 N–H and O–H groups in total. The van der Waals surface area contributed by atoms with E-state index in [4.69, 9.17) is 5.73 Å². The van der Waals surface area contributed by atoms with E-state index in [1.165, 1.54) is 24.2 Å². The molecule has 1 saturated carbocycles. The van der Waals surface area contributed by atoms with Crippen LogP contribution in [0.1, 0.15) is 27.5 Å². The zero-order valence-electron chi connectivity index (χ0n) is 9.64. The molecule has 5 heteroatoms. The van der Waals surface area contributed by atoms with Gasteiger partial charge in [0, 0.05) is 19.6 Å². The predicted molar refractivity (Wildman–Crippen MR) is 64.5 cm³/mol. The SMILES string of the molecule is Cc1ncc(C(=O)N(C)C(CN)C2CC2)s1. The van der Waals surface area contributed by atoms with Gasteiger partial charge in [0.1, 0.15) is 4.88 Å². The molecule has 2 rings (SSSR count). The number of amides is 1. The first kappa shape index (κ1) is 11.5. The van der Waals surface area contributed by atoms with Gasteiger partial charge in [0.2, 0.25) is 0 Å². The number of likely N-dealkylation sites (N-methyl/N-ethyl adjacent to an activating group) is 1. The van der Waals surface area contributed by atoms with Crippen LogP contribution >= 0.6 is 11.3 Å². The van der Waals surface area contributed by atoms with Gasteiger partial charge in [0.15, 0.2) is 0 Å². The van der Waals surface area contributed by atoms with E-state index in [-0.39, 0.29) is 11.9 Å². The second-order valence-corrected chi connectivity index (χ2v) is 5.53. The summed E-state index contributed by atoms with van der Waals surface area (Å²) < 4.78 is 0. The van der Waals surface area contributed by atoms with Crippen LogP contribution in [0.25, 0.3) is 0 Å². The minimum Gasteiger partial charge on any atom is -0.336 e. The highest BCUT2D eigenvalue weighted by Crippen LogP contribution is 2.35. The fourth-order valence-corrected chi connectivity index (χ4v) is 2.69. The van der Waals surface area contributed by atoms with Crippen LogP contribution in [0, 0.1) is 12.8 Å². The van der Waals surface area contributed by atoms with E-state index in [0.717, 1.165) is 5.01 Å². The molecular formula is C11H17N3OS. The summed E-state index contributed by atoms with van der Waals surface area (Å²) in [4.78, 5) is 18.7. The molecule has 1 unspecified atom stereocenters. The molecule has 16 heavy (non-hydrogen) atoms. The van der Waals surface area contributed by atoms with Crippen molar-refractivity contribution in [2.75, 3.05) is 13.6 Å². The van der Waals surface area contributed by atoms with Crippen molar-refractivity contribution in [3.05, 3.63) is 16.1 Å². The maximum absolute atomic E-state index is 12.1. The second kappa shape index (κ2) is 4.51. The van der Waals surface area contributed by atoms with E-state index in [2.05, 4.69) is 4.98 Å². The fraction of sp³-hybridized carbons (Fsp3) is 0.636. The summed E-state index contributed by atoms with van der Waals surface area (Å²) in [6, 6.07) is 0.190. The number of rotatable bonds is 4. The minimum atomic E-state index is 0.0490. The average molecular weight is 239 g/mol. The van der Waals surface area contributed by atoms with Gasteiger partial charge in [-0.15, -0.1) is 11.3 Å². The van der Waals surface area contributed by atoms with Gasteiger partial charge in [-0.25, -0.2) is 4.98 Å². The maximum Gasteiger partial charge on any atom is 0.265 e. The van der Waals surface area contributed by atoms with Gasteiger partial charge >= 0.3 is 0 Å². The Morgan fingerprint density at radius 3 is 2.88 bits per heavy atom. The van der Waals surface area contributed by atoms with E-state index in [1.54, 1.807) is 11.1 Å². The van der Waals surface area contributed by atoms with Crippen molar-refractivity contribution in [3.8, 4) is 0 Å². The highest BCUT2D eigenvalue weighted by molar-refractivity contribution is 7.13. The third kappa shape index (κ3) is 2.25. The molecule has 4 nitrogen and oxygen atoms in total. The Bertz CT molecular complexity index is 386. The quantitative estimate of drug-likeness (QED) is 0.860. The Morgan fingerprint density at radius 1 is 1.75 bits per heavy atom. The molecule has 1 aromatic heterocycles. The van der Waals surface area contributed by atoms with Crippen molar-refractivity contribution in [2.24, 2.45) is 11.7 Å². The smallest absolute Gasteiger partial charge is 0.265 e. The molecule has 0 saturated heterocycles. The Hall–Kier alpha value is -0.940. The van der Waals surface area contributed by atoms with Crippen LogP contribution < -0.4 is 5.73 Å². The number of hydrogen-bond acceptors (Lipinski definition) is 4. The lowest BCUT2D eigenvalue weighted by atomic mass is 10.1. The molecule has 1 aliphatic carbocycles. The zero-order chi connectivity index (χ0) is 11.7. The molecule has 0 aliphatic heterocycles. The van der Waals surface area contributed by atoms with E-state index in [9.17, 15) is 4.79 Å². The van der Waals surface area contributed by atoms with Crippen LogP contribution in [-0.2, 0) is 0 Å². The molecule has 0 aromatic carbocycles. The number of carbonyl (C=O) groups is 1. The Labute approximate surface area is 99.5 Å². The van der Waals surface area contributed by atoms with Crippen LogP contribution in [0.5, 0.6) is 0 Å². The number of nitrogens with two attached hydrogens (primary N) is 1. The standard InChI is InChI=1S/C11H17N3OS/c1-7-13-6-10(16-7)11(15)14(2)9(5-12)8-3-4-8/h6,8-9H,3-5,12H2,1-2H3. The molecule has 1 aliphatic rings. The van der Waals surface area contributed by atoms with E-state index < -0.39 is 0 Å². The molecule has 0 radical (unpaired) electrons. The van der Waals surface area contributed by atoms with Crippen molar-refractivity contribution < 1.29 is 4.79 Å². The zero-order valence-corrected chi connectivity index (χ0v) is 10.5. The van der Waals surface area contributed by atoms with Crippen LogP contribution in [0.3, 0.4) is 0 Å². The second-order valence-electron chi connectivity index (χ2n) is 4.30. The van der Waals surface area contributed by atoms with E-state index >= 15 is 0 Å². The number of hydrogen-bond donors (Lipinski definition) is 1. The number of aryl methyl sites for hydroxylation is 1. The Morgan fingerprint density at radius 2 is 2.44 bits per heavy atom.